The number of barbiturate groups is 1. The molecule has 2 aromatic carbocycles. The highest BCUT2D eigenvalue weighted by Gasteiger charge is 2.37. The number of aryl methyl sites for hydroxylation is 1. The maximum atomic E-state index is 13.2. The first-order valence-corrected chi connectivity index (χ1v) is 10.7. The molecular weight excluding hydrogens is 422 g/mol. The van der Waals surface area contributed by atoms with Gasteiger partial charge in [0.05, 0.1) is 12.3 Å². The molecule has 2 heterocycles. The van der Waals surface area contributed by atoms with Gasteiger partial charge in [-0.2, -0.15) is 0 Å². The maximum absolute atomic E-state index is 13.2. The molecule has 0 bridgehead atoms. The van der Waals surface area contributed by atoms with Crippen molar-refractivity contribution in [1.82, 2.24) is 9.88 Å². The number of benzene rings is 2. The Hall–Kier alpha value is -4.20. The molecule has 1 saturated heterocycles. The van der Waals surface area contributed by atoms with Gasteiger partial charge in [-0.1, -0.05) is 37.3 Å². The highest BCUT2D eigenvalue weighted by Crippen LogP contribution is 2.27. The minimum absolute atomic E-state index is 0.00788. The number of nitrogens with one attached hydrogen (secondary N) is 1. The lowest BCUT2D eigenvalue weighted by Gasteiger charge is -2.26. The average molecular weight is 445 g/mol. The van der Waals surface area contributed by atoms with Gasteiger partial charge in [0.25, 0.3) is 11.8 Å². The Balaban J connectivity index is 1.74. The standard InChI is InChI=1S/C25H23N3O5/c1-3-16-9-11-18(12-10-16)28-24(31)20(23(30)26-25(28)32)13-17-14-27(15-22(29)33-4-2)21-8-6-5-7-19(17)21/h5-14H,3-4,15H2,1-2H3,(H,26,30,32)/b20-13+. The molecule has 4 amide bonds. The van der Waals surface area contributed by atoms with Gasteiger partial charge in [-0.15, -0.1) is 0 Å². The molecule has 4 rings (SSSR count). The summed E-state index contributed by atoms with van der Waals surface area (Å²) >= 11 is 0. The minimum Gasteiger partial charge on any atom is -0.465 e. The summed E-state index contributed by atoms with van der Waals surface area (Å²) in [4.78, 5) is 51.2. The second kappa shape index (κ2) is 9.12. The van der Waals surface area contributed by atoms with E-state index in [-0.39, 0.29) is 18.7 Å². The van der Waals surface area contributed by atoms with Gasteiger partial charge >= 0.3 is 12.0 Å². The molecule has 1 aliphatic heterocycles. The third-order valence-electron chi connectivity index (χ3n) is 5.43. The Bertz CT molecular complexity index is 1290. The first kappa shape index (κ1) is 22.0. The number of amides is 4. The van der Waals surface area contributed by atoms with Crippen LogP contribution < -0.4 is 10.2 Å². The van der Waals surface area contributed by atoms with Gasteiger partial charge in [-0.25, -0.2) is 9.69 Å². The molecule has 1 aromatic heterocycles. The summed E-state index contributed by atoms with van der Waals surface area (Å²) in [5, 5.41) is 2.99. The van der Waals surface area contributed by atoms with Crippen molar-refractivity contribution in [1.29, 1.82) is 0 Å². The second-order valence-corrected chi connectivity index (χ2v) is 7.51. The lowest BCUT2D eigenvalue weighted by Crippen LogP contribution is -2.54. The van der Waals surface area contributed by atoms with E-state index in [1.165, 1.54) is 6.08 Å². The van der Waals surface area contributed by atoms with Crippen LogP contribution in [0, 0.1) is 0 Å². The van der Waals surface area contributed by atoms with E-state index in [1.54, 1.807) is 29.8 Å². The Labute approximate surface area is 190 Å². The predicted octanol–water partition coefficient (Wildman–Crippen LogP) is 3.43. The molecule has 0 spiro atoms. The van der Waals surface area contributed by atoms with Crippen molar-refractivity contribution in [2.24, 2.45) is 0 Å². The number of urea groups is 1. The second-order valence-electron chi connectivity index (χ2n) is 7.51. The molecule has 3 aromatic rings. The van der Waals surface area contributed by atoms with Crippen molar-refractivity contribution >= 4 is 46.5 Å². The molecule has 8 heteroatoms. The van der Waals surface area contributed by atoms with E-state index in [1.807, 2.05) is 43.3 Å². The zero-order valence-corrected chi connectivity index (χ0v) is 18.3. The Morgan fingerprint density at radius 1 is 1.03 bits per heavy atom. The molecule has 0 radical (unpaired) electrons. The van der Waals surface area contributed by atoms with Gasteiger partial charge in [0.15, 0.2) is 0 Å². The van der Waals surface area contributed by atoms with Crippen LogP contribution in [0.1, 0.15) is 25.0 Å². The van der Waals surface area contributed by atoms with E-state index in [0.717, 1.165) is 27.8 Å². The first-order chi connectivity index (χ1) is 15.9. The summed E-state index contributed by atoms with van der Waals surface area (Å²) in [7, 11) is 0. The van der Waals surface area contributed by atoms with Crippen molar-refractivity contribution in [3.8, 4) is 0 Å². The minimum atomic E-state index is -0.795. The Morgan fingerprint density at radius 2 is 1.76 bits per heavy atom. The number of carbonyl (C=O) groups is 4. The number of rotatable bonds is 6. The van der Waals surface area contributed by atoms with Crippen LogP contribution in [0.15, 0.2) is 60.3 Å². The number of ether oxygens (including phenoxy) is 1. The van der Waals surface area contributed by atoms with Gasteiger partial charge in [0, 0.05) is 22.7 Å². The lowest BCUT2D eigenvalue weighted by atomic mass is 10.1. The van der Waals surface area contributed by atoms with Crippen LogP contribution in [0.3, 0.4) is 0 Å². The quantitative estimate of drug-likeness (QED) is 0.356. The molecule has 168 valence electrons. The molecular formula is C25H23N3O5. The summed E-state index contributed by atoms with van der Waals surface area (Å²) in [5.74, 6) is -1.87. The topological polar surface area (TPSA) is 97.7 Å². The predicted molar refractivity (Wildman–Crippen MR) is 123 cm³/mol. The highest BCUT2D eigenvalue weighted by molar-refractivity contribution is 6.39. The summed E-state index contributed by atoms with van der Waals surface area (Å²) in [6.45, 7) is 4.00. The fourth-order valence-electron chi connectivity index (χ4n) is 3.79. The molecule has 0 saturated carbocycles. The van der Waals surface area contributed by atoms with Gasteiger partial charge in [0.2, 0.25) is 0 Å². The van der Waals surface area contributed by atoms with Crippen molar-refractivity contribution in [3.05, 3.63) is 71.4 Å². The van der Waals surface area contributed by atoms with Gasteiger partial charge < -0.3 is 9.30 Å². The third-order valence-corrected chi connectivity index (χ3v) is 5.43. The first-order valence-electron chi connectivity index (χ1n) is 10.7. The van der Waals surface area contributed by atoms with Crippen LogP contribution in [0.5, 0.6) is 0 Å². The number of para-hydroxylation sites is 1. The van der Waals surface area contributed by atoms with Crippen molar-refractivity contribution < 1.29 is 23.9 Å². The highest BCUT2D eigenvalue weighted by atomic mass is 16.5. The number of hydrogen-bond donors (Lipinski definition) is 1. The fraction of sp³-hybridized carbons (Fsp3) is 0.200. The zero-order chi connectivity index (χ0) is 23.5. The normalized spacial score (nSPS) is 15.3. The Kier molecular flexibility index (Phi) is 6.08. The number of hydrogen-bond acceptors (Lipinski definition) is 5. The molecule has 1 fully saturated rings. The summed E-state index contributed by atoms with van der Waals surface area (Å²) in [6, 6.07) is 13.6. The van der Waals surface area contributed by atoms with Crippen molar-refractivity contribution in [2.45, 2.75) is 26.8 Å². The zero-order valence-electron chi connectivity index (χ0n) is 18.3. The molecule has 8 nitrogen and oxygen atoms in total. The van der Waals surface area contributed by atoms with Gasteiger partial charge in [-0.3, -0.25) is 19.7 Å². The van der Waals surface area contributed by atoms with Crippen LogP contribution in [0.2, 0.25) is 0 Å². The van der Waals surface area contributed by atoms with Crippen LogP contribution in [0.4, 0.5) is 10.5 Å². The van der Waals surface area contributed by atoms with Gasteiger partial charge in [0.1, 0.15) is 12.1 Å². The van der Waals surface area contributed by atoms with E-state index in [4.69, 9.17) is 4.74 Å². The molecule has 33 heavy (non-hydrogen) atoms. The summed E-state index contributed by atoms with van der Waals surface area (Å²) in [6.07, 6.45) is 3.95. The van der Waals surface area contributed by atoms with E-state index in [2.05, 4.69) is 5.32 Å². The molecule has 0 unspecified atom stereocenters. The van der Waals surface area contributed by atoms with E-state index in [9.17, 15) is 19.2 Å². The number of nitrogens with zero attached hydrogens (tertiary/aromatic N) is 2. The largest absolute Gasteiger partial charge is 0.465 e. The SMILES string of the molecule is CCOC(=O)Cn1cc(/C=C2\C(=O)NC(=O)N(c3ccc(CC)cc3)C2=O)c2ccccc21. The Morgan fingerprint density at radius 3 is 2.45 bits per heavy atom. The number of aromatic nitrogens is 1. The van der Waals surface area contributed by atoms with Crippen LogP contribution in [-0.4, -0.2) is 35.0 Å². The summed E-state index contributed by atoms with van der Waals surface area (Å²) in [5.41, 5.74) is 2.59. The van der Waals surface area contributed by atoms with E-state index in [0.29, 0.717) is 11.3 Å². The molecule has 0 aliphatic carbocycles. The molecule has 1 aliphatic rings. The fourth-order valence-corrected chi connectivity index (χ4v) is 3.79. The summed E-state index contributed by atoms with van der Waals surface area (Å²) < 4.78 is 6.75. The number of anilines is 1. The number of carbonyl (C=O) groups excluding carboxylic acids is 4. The van der Waals surface area contributed by atoms with Crippen LogP contribution >= 0.6 is 0 Å². The smallest absolute Gasteiger partial charge is 0.335 e. The number of fused-ring (bicyclic) bond motifs is 1. The molecule has 1 N–H and O–H groups in total. The number of esters is 1. The van der Waals surface area contributed by atoms with Crippen molar-refractivity contribution in [2.75, 3.05) is 11.5 Å². The monoisotopic (exact) mass is 445 g/mol. The third kappa shape index (κ3) is 4.27. The van der Waals surface area contributed by atoms with Crippen LogP contribution in [-0.2, 0) is 32.1 Å². The maximum Gasteiger partial charge on any atom is 0.335 e. The average Bonchev–Trinajstić information content (AvgIpc) is 3.14. The van der Waals surface area contributed by atoms with Crippen molar-refractivity contribution in [3.63, 3.8) is 0 Å². The molecule has 0 atom stereocenters. The van der Waals surface area contributed by atoms with E-state index >= 15 is 0 Å². The van der Waals surface area contributed by atoms with Gasteiger partial charge in [-0.05, 0) is 43.2 Å². The number of imide groups is 2. The van der Waals surface area contributed by atoms with Crippen LogP contribution in [0.25, 0.3) is 17.0 Å². The van der Waals surface area contributed by atoms with E-state index < -0.39 is 23.8 Å². The lowest BCUT2D eigenvalue weighted by molar-refractivity contribution is -0.143.